The predicted molar refractivity (Wildman–Crippen MR) is 135 cm³/mol. The second kappa shape index (κ2) is 10.1. The number of nitrogens with zero attached hydrogens (tertiary/aromatic N) is 5. The summed E-state index contributed by atoms with van der Waals surface area (Å²) < 4.78 is 15.0. The third kappa shape index (κ3) is 5.26. The van der Waals surface area contributed by atoms with E-state index in [1.165, 1.54) is 0 Å². The van der Waals surface area contributed by atoms with E-state index in [0.717, 1.165) is 47.1 Å². The van der Waals surface area contributed by atoms with Gasteiger partial charge in [0.25, 0.3) is 0 Å². The summed E-state index contributed by atoms with van der Waals surface area (Å²) in [6.07, 6.45) is 0.202. The lowest BCUT2D eigenvalue weighted by atomic mass is 10.2. The molecule has 184 valence electrons. The van der Waals surface area contributed by atoms with Crippen molar-refractivity contribution < 1.29 is 9.47 Å². The fourth-order valence-electron chi connectivity index (χ4n) is 4.15. The van der Waals surface area contributed by atoms with Gasteiger partial charge in [0.15, 0.2) is 0 Å². The van der Waals surface area contributed by atoms with Crippen LogP contribution in [-0.4, -0.2) is 57.6 Å². The molecule has 2 aromatic heterocycles. The van der Waals surface area contributed by atoms with Crippen LogP contribution >= 0.6 is 0 Å². The number of nitrogens with one attached hydrogen (secondary N) is 1. The van der Waals surface area contributed by atoms with Gasteiger partial charge in [0, 0.05) is 45.7 Å². The van der Waals surface area contributed by atoms with Crippen molar-refractivity contribution >= 4 is 22.7 Å². The summed E-state index contributed by atoms with van der Waals surface area (Å²) >= 11 is 0. The maximum Gasteiger partial charge on any atom is 0.328 e. The lowest BCUT2D eigenvalue weighted by molar-refractivity contribution is -0.0407. The van der Waals surface area contributed by atoms with Crippen molar-refractivity contribution in [1.29, 1.82) is 0 Å². The van der Waals surface area contributed by atoms with Gasteiger partial charge in [-0.15, -0.1) is 0 Å². The molecule has 1 aromatic carbocycles. The molecule has 0 aliphatic carbocycles. The Hall–Kier alpha value is -2.91. The molecule has 0 spiro atoms. The lowest BCUT2D eigenvalue weighted by Gasteiger charge is -2.34. The summed E-state index contributed by atoms with van der Waals surface area (Å²) in [6.45, 7) is 11.6. The molecule has 3 aromatic rings. The molecule has 4 rings (SSSR count). The average molecular weight is 469 g/mol. The molecule has 34 heavy (non-hydrogen) atoms. The van der Waals surface area contributed by atoms with Crippen LogP contribution in [0.5, 0.6) is 0 Å². The number of hydrogen-bond acceptors (Lipinski definition) is 7. The molecule has 0 saturated carbocycles. The summed E-state index contributed by atoms with van der Waals surface area (Å²) in [4.78, 5) is 24.1. The summed E-state index contributed by atoms with van der Waals surface area (Å²) in [6, 6.07) is 8.10. The summed E-state index contributed by atoms with van der Waals surface area (Å²) in [5.41, 5.74) is 2.90. The molecule has 1 aliphatic heterocycles. The number of imidazole rings is 1. The van der Waals surface area contributed by atoms with Crippen molar-refractivity contribution in [3.63, 3.8) is 0 Å². The summed E-state index contributed by atoms with van der Waals surface area (Å²) in [7, 11) is 3.60. The van der Waals surface area contributed by atoms with Crippen LogP contribution < -0.4 is 15.9 Å². The minimum Gasteiger partial charge on any atom is -0.376 e. The van der Waals surface area contributed by atoms with E-state index in [4.69, 9.17) is 19.4 Å². The standard InChI is InChI=1S/C25H36N6O3/c1-16(2)24-27-22(12-23(28-24)31-9-10-33-19(14-31)15-34-17(3)4)26-13-18-7-8-20-21(11-18)30(6)25(32)29(20)5/h7-8,11-12,16-17,19H,9-10,13-15H2,1-6H3,(H,26,27,28). The minimum absolute atomic E-state index is 0.0225. The van der Waals surface area contributed by atoms with Crippen LogP contribution in [0, 0.1) is 0 Å². The van der Waals surface area contributed by atoms with Crippen LogP contribution in [0.4, 0.5) is 11.6 Å². The van der Waals surface area contributed by atoms with Gasteiger partial charge in [-0.1, -0.05) is 19.9 Å². The van der Waals surface area contributed by atoms with Gasteiger partial charge < -0.3 is 19.7 Å². The fourth-order valence-corrected chi connectivity index (χ4v) is 4.15. The van der Waals surface area contributed by atoms with Crippen LogP contribution in [0.1, 0.15) is 45.0 Å². The number of benzene rings is 1. The number of hydrogen-bond donors (Lipinski definition) is 1. The average Bonchev–Trinajstić information content (AvgIpc) is 3.05. The van der Waals surface area contributed by atoms with Crippen molar-refractivity contribution in [1.82, 2.24) is 19.1 Å². The quantitative estimate of drug-likeness (QED) is 0.544. The first-order valence-corrected chi connectivity index (χ1v) is 12.0. The number of rotatable bonds is 8. The van der Waals surface area contributed by atoms with Crippen LogP contribution in [0.15, 0.2) is 29.1 Å². The number of fused-ring (bicyclic) bond motifs is 1. The van der Waals surface area contributed by atoms with Gasteiger partial charge in [0.2, 0.25) is 0 Å². The maximum absolute atomic E-state index is 12.2. The Morgan fingerprint density at radius 2 is 1.88 bits per heavy atom. The molecule has 1 atom stereocenters. The molecule has 1 fully saturated rings. The zero-order valence-corrected chi connectivity index (χ0v) is 21.0. The van der Waals surface area contributed by atoms with E-state index in [0.29, 0.717) is 19.8 Å². The molecule has 9 nitrogen and oxygen atoms in total. The molecule has 0 radical (unpaired) electrons. The highest BCUT2D eigenvalue weighted by Crippen LogP contribution is 2.23. The highest BCUT2D eigenvalue weighted by molar-refractivity contribution is 5.76. The second-order valence-electron chi connectivity index (χ2n) is 9.52. The van der Waals surface area contributed by atoms with Crippen LogP contribution in [0.3, 0.4) is 0 Å². The van der Waals surface area contributed by atoms with Gasteiger partial charge in [-0.25, -0.2) is 14.8 Å². The number of ether oxygens (including phenoxy) is 2. The topological polar surface area (TPSA) is 86.4 Å². The SMILES string of the molecule is CC(C)OCC1CN(c2cc(NCc3ccc4c(c3)n(C)c(=O)n4C)nc(C(C)C)n2)CCO1. The summed E-state index contributed by atoms with van der Waals surface area (Å²) in [5.74, 6) is 2.70. The van der Waals surface area contributed by atoms with Gasteiger partial charge in [-0.05, 0) is 31.5 Å². The van der Waals surface area contributed by atoms with Gasteiger partial charge in [0.05, 0.1) is 36.5 Å². The van der Waals surface area contributed by atoms with Crippen LogP contribution in [0.2, 0.25) is 0 Å². The maximum atomic E-state index is 12.2. The molecule has 0 amide bonds. The second-order valence-corrected chi connectivity index (χ2v) is 9.52. The highest BCUT2D eigenvalue weighted by atomic mass is 16.5. The molecular formula is C25H36N6O3. The van der Waals surface area contributed by atoms with E-state index in [2.05, 4.69) is 30.1 Å². The van der Waals surface area contributed by atoms with E-state index < -0.39 is 0 Å². The Kier molecular flexibility index (Phi) is 7.23. The Morgan fingerprint density at radius 3 is 2.62 bits per heavy atom. The molecule has 3 heterocycles. The molecule has 1 unspecified atom stereocenters. The first-order valence-electron chi connectivity index (χ1n) is 12.0. The van der Waals surface area contributed by atoms with Gasteiger partial charge in [0.1, 0.15) is 17.5 Å². The van der Waals surface area contributed by atoms with Gasteiger partial charge in [-0.3, -0.25) is 9.13 Å². The largest absolute Gasteiger partial charge is 0.376 e. The predicted octanol–water partition coefficient (Wildman–Crippen LogP) is 3.03. The molecule has 9 heteroatoms. The zero-order valence-electron chi connectivity index (χ0n) is 21.0. The summed E-state index contributed by atoms with van der Waals surface area (Å²) in [5, 5.41) is 3.46. The van der Waals surface area contributed by atoms with Crippen LogP contribution in [-0.2, 0) is 30.1 Å². The number of anilines is 2. The van der Waals surface area contributed by atoms with E-state index in [1.807, 2.05) is 32.0 Å². The van der Waals surface area contributed by atoms with E-state index in [1.54, 1.807) is 23.2 Å². The van der Waals surface area contributed by atoms with Crippen LogP contribution in [0.25, 0.3) is 11.0 Å². The first kappa shape index (κ1) is 24.2. The molecule has 1 N–H and O–H groups in total. The van der Waals surface area contributed by atoms with Crippen molar-refractivity contribution in [2.45, 2.75) is 52.4 Å². The van der Waals surface area contributed by atoms with Crippen molar-refractivity contribution in [2.24, 2.45) is 14.1 Å². The Morgan fingerprint density at radius 1 is 1.12 bits per heavy atom. The first-order chi connectivity index (χ1) is 16.2. The van der Waals surface area contributed by atoms with E-state index in [-0.39, 0.29) is 23.8 Å². The van der Waals surface area contributed by atoms with Crippen molar-refractivity contribution in [3.05, 3.63) is 46.1 Å². The Balaban J connectivity index is 1.52. The van der Waals surface area contributed by atoms with Gasteiger partial charge >= 0.3 is 5.69 Å². The van der Waals surface area contributed by atoms with E-state index in [9.17, 15) is 4.79 Å². The normalized spacial score (nSPS) is 16.7. The van der Waals surface area contributed by atoms with E-state index >= 15 is 0 Å². The number of morpholine rings is 1. The third-order valence-corrected chi connectivity index (χ3v) is 6.13. The van der Waals surface area contributed by atoms with Gasteiger partial charge in [-0.2, -0.15) is 0 Å². The highest BCUT2D eigenvalue weighted by Gasteiger charge is 2.23. The zero-order chi connectivity index (χ0) is 24.4. The molecule has 0 bridgehead atoms. The number of aromatic nitrogens is 4. The van der Waals surface area contributed by atoms with Crippen molar-refractivity contribution in [3.8, 4) is 0 Å². The number of aryl methyl sites for hydroxylation is 2. The molecular weight excluding hydrogens is 432 g/mol. The monoisotopic (exact) mass is 468 g/mol. The third-order valence-electron chi connectivity index (χ3n) is 6.13. The minimum atomic E-state index is -0.0234. The Bertz CT molecular complexity index is 1200. The lowest BCUT2D eigenvalue weighted by Crippen LogP contribution is -2.45. The Labute approximate surface area is 200 Å². The molecule has 1 aliphatic rings. The molecule has 1 saturated heterocycles. The smallest absolute Gasteiger partial charge is 0.328 e. The van der Waals surface area contributed by atoms with Crippen molar-refractivity contribution in [2.75, 3.05) is 36.5 Å². The fraction of sp³-hybridized carbons (Fsp3) is 0.560.